The Hall–Kier alpha value is -2.79. The molecule has 0 spiro atoms. The molecule has 2 aromatic rings. The smallest absolute Gasteiger partial charge is 0.383 e. The zero-order valence-electron chi connectivity index (χ0n) is 17.3. The van der Waals surface area contributed by atoms with E-state index in [4.69, 9.17) is 9.47 Å². The van der Waals surface area contributed by atoms with Gasteiger partial charge in [0.15, 0.2) is 5.78 Å². The Morgan fingerprint density at radius 3 is 1.44 bits per heavy atom. The topological polar surface area (TPSA) is 59.6 Å². The summed E-state index contributed by atoms with van der Waals surface area (Å²) < 4.78 is 91.0. The van der Waals surface area contributed by atoms with Crippen molar-refractivity contribution in [3.8, 4) is 0 Å². The highest BCUT2D eigenvalue weighted by Crippen LogP contribution is 2.40. The first-order valence-corrected chi connectivity index (χ1v) is 9.43. The minimum atomic E-state index is -4.79. The van der Waals surface area contributed by atoms with E-state index in [0.29, 0.717) is 0 Å². The van der Waals surface area contributed by atoms with E-state index in [0.717, 1.165) is 36.4 Å². The molecule has 0 bridgehead atoms. The molecular formula is C21H22F6N2O3. The van der Waals surface area contributed by atoms with Gasteiger partial charge in [0.05, 0.1) is 35.7 Å². The SMILES string of the molecule is COCCNc1c(C(=O)c2cccc(C(F)(F)F)c2NCCOC)cccc1C(F)(F)F. The number of carbonyl (C=O) groups is 1. The van der Waals surface area contributed by atoms with Gasteiger partial charge in [-0.2, -0.15) is 26.3 Å². The molecule has 0 atom stereocenters. The monoisotopic (exact) mass is 464 g/mol. The first-order chi connectivity index (χ1) is 15.0. The molecule has 0 fully saturated rings. The lowest BCUT2D eigenvalue weighted by molar-refractivity contribution is -0.137. The number of hydrogen-bond donors (Lipinski definition) is 2. The quantitative estimate of drug-likeness (QED) is 0.292. The number of halogens is 6. The predicted octanol–water partition coefficient (Wildman–Crippen LogP) is 5.07. The van der Waals surface area contributed by atoms with Crippen molar-refractivity contribution in [1.29, 1.82) is 0 Å². The normalized spacial score (nSPS) is 12.0. The van der Waals surface area contributed by atoms with E-state index in [2.05, 4.69) is 10.6 Å². The van der Waals surface area contributed by atoms with Crippen LogP contribution in [0.2, 0.25) is 0 Å². The molecular weight excluding hydrogens is 442 g/mol. The molecule has 0 unspecified atom stereocenters. The summed E-state index contributed by atoms with van der Waals surface area (Å²) in [6.45, 7) is -0.00275. The van der Waals surface area contributed by atoms with Crippen molar-refractivity contribution in [3.05, 3.63) is 58.7 Å². The van der Waals surface area contributed by atoms with Gasteiger partial charge in [-0.1, -0.05) is 12.1 Å². The summed E-state index contributed by atoms with van der Waals surface area (Å²) in [4.78, 5) is 13.2. The number of para-hydroxylation sites is 2. The van der Waals surface area contributed by atoms with Gasteiger partial charge in [0.2, 0.25) is 0 Å². The van der Waals surface area contributed by atoms with Crippen molar-refractivity contribution in [2.75, 3.05) is 51.2 Å². The standard InChI is InChI=1S/C21H22F6N2O3/c1-31-11-9-28-17-13(5-3-7-15(17)20(22,23)24)19(30)14-6-4-8-16(21(25,26)27)18(14)29-10-12-32-2/h3-8,28-29H,9-12H2,1-2H3. The number of alkyl halides is 6. The van der Waals surface area contributed by atoms with Gasteiger partial charge < -0.3 is 20.1 Å². The molecule has 11 heteroatoms. The van der Waals surface area contributed by atoms with E-state index in [1.54, 1.807) is 0 Å². The summed E-state index contributed by atoms with van der Waals surface area (Å²) in [5, 5.41) is 5.06. The van der Waals surface area contributed by atoms with Crippen molar-refractivity contribution < 1.29 is 40.6 Å². The molecule has 0 aliphatic rings. The minimum Gasteiger partial charge on any atom is -0.383 e. The van der Waals surface area contributed by atoms with Crippen LogP contribution in [0.5, 0.6) is 0 Å². The lowest BCUT2D eigenvalue weighted by Gasteiger charge is -2.20. The number of anilines is 2. The van der Waals surface area contributed by atoms with Gasteiger partial charge in [-0.3, -0.25) is 4.79 Å². The van der Waals surface area contributed by atoms with Crippen LogP contribution in [0.15, 0.2) is 36.4 Å². The molecule has 5 nitrogen and oxygen atoms in total. The number of ether oxygens (including phenoxy) is 2. The zero-order valence-corrected chi connectivity index (χ0v) is 17.3. The van der Waals surface area contributed by atoms with Crippen molar-refractivity contribution in [3.63, 3.8) is 0 Å². The third-order valence-corrected chi connectivity index (χ3v) is 4.44. The molecule has 32 heavy (non-hydrogen) atoms. The van der Waals surface area contributed by atoms with Gasteiger partial charge in [-0.25, -0.2) is 0 Å². The highest BCUT2D eigenvalue weighted by molar-refractivity contribution is 6.16. The van der Waals surface area contributed by atoms with Crippen molar-refractivity contribution in [2.24, 2.45) is 0 Å². The molecule has 0 saturated heterocycles. The predicted molar refractivity (Wildman–Crippen MR) is 107 cm³/mol. The van der Waals surface area contributed by atoms with E-state index in [1.165, 1.54) is 14.2 Å². The Balaban J connectivity index is 2.63. The molecule has 2 aromatic carbocycles. The van der Waals surface area contributed by atoms with Crippen molar-refractivity contribution in [2.45, 2.75) is 12.4 Å². The second-order valence-electron chi connectivity index (χ2n) is 6.62. The van der Waals surface area contributed by atoms with Gasteiger partial charge in [0.25, 0.3) is 0 Å². The second-order valence-corrected chi connectivity index (χ2v) is 6.62. The van der Waals surface area contributed by atoms with Gasteiger partial charge in [-0.05, 0) is 24.3 Å². The van der Waals surface area contributed by atoms with E-state index >= 15 is 0 Å². The Morgan fingerprint density at radius 2 is 1.12 bits per heavy atom. The van der Waals surface area contributed by atoms with Crippen LogP contribution in [0.3, 0.4) is 0 Å². The van der Waals surface area contributed by atoms with E-state index in [9.17, 15) is 31.1 Å². The third-order valence-electron chi connectivity index (χ3n) is 4.44. The first-order valence-electron chi connectivity index (χ1n) is 9.43. The summed E-state index contributed by atoms with van der Waals surface area (Å²) in [6.07, 6.45) is -9.59. The van der Waals surface area contributed by atoms with Gasteiger partial charge in [0.1, 0.15) is 0 Å². The van der Waals surface area contributed by atoms with Crippen LogP contribution < -0.4 is 10.6 Å². The van der Waals surface area contributed by atoms with Crippen molar-refractivity contribution in [1.82, 2.24) is 0 Å². The molecule has 0 aliphatic heterocycles. The molecule has 0 aliphatic carbocycles. The van der Waals surface area contributed by atoms with Crippen LogP contribution in [0, 0.1) is 0 Å². The number of hydrogen-bond acceptors (Lipinski definition) is 5. The maximum Gasteiger partial charge on any atom is 0.418 e. The van der Waals surface area contributed by atoms with Crippen LogP contribution in [0.25, 0.3) is 0 Å². The van der Waals surface area contributed by atoms with Crippen LogP contribution in [0.1, 0.15) is 27.0 Å². The molecule has 2 rings (SSSR count). The number of methoxy groups -OCH3 is 2. The van der Waals surface area contributed by atoms with Gasteiger partial charge >= 0.3 is 12.4 Å². The fraction of sp³-hybridized carbons (Fsp3) is 0.381. The lowest BCUT2D eigenvalue weighted by atomic mass is 9.95. The maximum absolute atomic E-state index is 13.6. The van der Waals surface area contributed by atoms with E-state index < -0.39 is 51.8 Å². The average Bonchev–Trinajstić information content (AvgIpc) is 2.72. The van der Waals surface area contributed by atoms with Crippen LogP contribution in [-0.2, 0) is 21.8 Å². The fourth-order valence-corrected chi connectivity index (χ4v) is 3.04. The van der Waals surface area contributed by atoms with Crippen molar-refractivity contribution >= 4 is 17.2 Å². The third kappa shape index (κ3) is 6.13. The maximum atomic E-state index is 13.6. The Bertz CT molecular complexity index is 855. The van der Waals surface area contributed by atoms with Gasteiger partial charge in [0, 0.05) is 38.4 Å². The summed E-state index contributed by atoms with van der Waals surface area (Å²) >= 11 is 0. The zero-order chi connectivity index (χ0) is 23.9. The number of nitrogens with one attached hydrogen (secondary N) is 2. The summed E-state index contributed by atoms with van der Waals surface area (Å²) in [5.74, 6) is -0.998. The number of rotatable bonds is 10. The summed E-state index contributed by atoms with van der Waals surface area (Å²) in [6, 6.07) is 5.90. The average molecular weight is 464 g/mol. The summed E-state index contributed by atoms with van der Waals surface area (Å²) in [5.41, 5.74) is -4.10. The largest absolute Gasteiger partial charge is 0.418 e. The van der Waals surface area contributed by atoms with Gasteiger partial charge in [-0.15, -0.1) is 0 Å². The molecule has 0 amide bonds. The number of carbonyl (C=O) groups excluding carboxylic acids is 1. The molecule has 176 valence electrons. The van der Waals surface area contributed by atoms with Crippen LogP contribution in [0.4, 0.5) is 37.7 Å². The lowest BCUT2D eigenvalue weighted by Crippen LogP contribution is -2.20. The number of ketones is 1. The Morgan fingerprint density at radius 1 is 0.750 bits per heavy atom. The first kappa shape index (κ1) is 25.5. The van der Waals surface area contributed by atoms with E-state index in [-0.39, 0.29) is 26.3 Å². The van der Waals surface area contributed by atoms with Crippen LogP contribution >= 0.6 is 0 Å². The second kappa shape index (κ2) is 10.7. The minimum absolute atomic E-state index is 0.0488. The Kier molecular flexibility index (Phi) is 8.51. The molecule has 0 heterocycles. The number of benzene rings is 2. The molecule has 0 aromatic heterocycles. The highest BCUT2D eigenvalue weighted by atomic mass is 19.4. The molecule has 2 N–H and O–H groups in total. The molecule has 0 radical (unpaired) electrons. The van der Waals surface area contributed by atoms with Crippen LogP contribution in [-0.4, -0.2) is 46.3 Å². The summed E-state index contributed by atoms with van der Waals surface area (Å²) in [7, 11) is 2.70. The highest BCUT2D eigenvalue weighted by Gasteiger charge is 2.37. The molecule has 0 saturated carbocycles. The van der Waals surface area contributed by atoms with E-state index in [1.807, 2.05) is 0 Å². The Labute approximate surface area is 180 Å². The fourth-order valence-electron chi connectivity index (χ4n) is 3.04.